The number of hydrogen-bond acceptors (Lipinski definition) is 2. The second-order valence-electron chi connectivity index (χ2n) is 5.54. The molecule has 0 saturated carbocycles. The van der Waals surface area contributed by atoms with Gasteiger partial charge in [-0.05, 0) is 50.5 Å². The van der Waals surface area contributed by atoms with Crippen LogP contribution < -0.4 is 5.32 Å². The van der Waals surface area contributed by atoms with E-state index in [2.05, 4.69) is 5.32 Å². The zero-order chi connectivity index (χ0) is 15.3. The maximum atomic E-state index is 12.9. The van der Waals surface area contributed by atoms with Gasteiger partial charge >= 0.3 is 5.97 Å². The molecule has 1 rings (SSSR count). The van der Waals surface area contributed by atoms with Crippen molar-refractivity contribution in [2.75, 3.05) is 6.54 Å². The van der Waals surface area contributed by atoms with Crippen molar-refractivity contribution in [3.63, 3.8) is 0 Å². The third-order valence-corrected chi connectivity index (χ3v) is 3.20. The lowest BCUT2D eigenvalue weighted by molar-refractivity contribution is -0.149. The third-order valence-electron chi connectivity index (χ3n) is 3.20. The number of nitrogens with one attached hydrogen (secondary N) is 1. The molecule has 2 N–H and O–H groups in total. The van der Waals surface area contributed by atoms with Crippen molar-refractivity contribution in [3.05, 3.63) is 35.1 Å². The number of aliphatic carboxylic acids is 1. The lowest BCUT2D eigenvalue weighted by Gasteiger charge is -2.18. The Morgan fingerprint density at radius 3 is 2.55 bits per heavy atom. The number of aryl methyl sites for hydroxylation is 1. The second-order valence-corrected chi connectivity index (χ2v) is 5.54. The van der Waals surface area contributed by atoms with Crippen molar-refractivity contribution < 1.29 is 19.1 Å². The highest BCUT2D eigenvalue weighted by atomic mass is 19.1. The van der Waals surface area contributed by atoms with E-state index in [1.807, 2.05) is 6.92 Å². The minimum Gasteiger partial charge on any atom is -0.481 e. The fraction of sp³-hybridized carbons (Fsp3) is 0.467. The maximum absolute atomic E-state index is 12.9. The molecule has 0 aliphatic rings. The zero-order valence-electron chi connectivity index (χ0n) is 12.0. The first kappa shape index (κ1) is 16.1. The molecule has 0 aliphatic carbocycles. The second kappa shape index (κ2) is 6.50. The van der Waals surface area contributed by atoms with E-state index in [1.54, 1.807) is 6.07 Å². The fourth-order valence-corrected chi connectivity index (χ4v) is 1.82. The van der Waals surface area contributed by atoms with Crippen LogP contribution in [-0.2, 0) is 16.0 Å². The Hall–Kier alpha value is -1.91. The van der Waals surface area contributed by atoms with Crippen molar-refractivity contribution in [3.8, 4) is 0 Å². The predicted molar refractivity (Wildman–Crippen MR) is 73.9 cm³/mol. The summed E-state index contributed by atoms with van der Waals surface area (Å²) in [4.78, 5) is 22.6. The Labute approximate surface area is 118 Å². The monoisotopic (exact) mass is 281 g/mol. The molecule has 0 saturated heterocycles. The standard InChI is InChI=1S/C15H20FNO3/c1-10-8-12(16)5-4-11(10)6-7-17-13(18)9-15(2,3)14(19)20/h4-5,8H,6-7,9H2,1-3H3,(H,17,18)(H,19,20). The van der Waals surface area contributed by atoms with Crippen molar-refractivity contribution in [2.24, 2.45) is 5.41 Å². The molecule has 0 aliphatic heterocycles. The van der Waals surface area contributed by atoms with E-state index in [0.29, 0.717) is 13.0 Å². The minimum atomic E-state index is -1.07. The van der Waals surface area contributed by atoms with Gasteiger partial charge in [-0.3, -0.25) is 9.59 Å². The number of carboxylic acid groups (broad SMARTS) is 1. The van der Waals surface area contributed by atoms with Gasteiger partial charge in [0.2, 0.25) is 5.91 Å². The Morgan fingerprint density at radius 1 is 1.35 bits per heavy atom. The van der Waals surface area contributed by atoms with Crippen molar-refractivity contribution in [1.29, 1.82) is 0 Å². The normalized spacial score (nSPS) is 11.2. The van der Waals surface area contributed by atoms with E-state index in [-0.39, 0.29) is 18.1 Å². The molecule has 1 aromatic rings. The van der Waals surface area contributed by atoms with Crippen LogP contribution >= 0.6 is 0 Å². The molecule has 0 bridgehead atoms. The average Bonchev–Trinajstić information content (AvgIpc) is 2.31. The van der Waals surface area contributed by atoms with E-state index in [9.17, 15) is 14.0 Å². The predicted octanol–water partition coefficient (Wildman–Crippen LogP) is 2.29. The first-order valence-corrected chi connectivity index (χ1v) is 6.47. The number of hydrogen-bond donors (Lipinski definition) is 2. The number of carboxylic acids is 1. The van der Waals surface area contributed by atoms with Crippen LogP contribution in [0.5, 0.6) is 0 Å². The third kappa shape index (κ3) is 4.64. The Kier molecular flexibility index (Phi) is 5.25. The number of halogens is 1. The number of carbonyl (C=O) groups excluding carboxylic acids is 1. The average molecular weight is 281 g/mol. The van der Waals surface area contributed by atoms with E-state index in [4.69, 9.17) is 5.11 Å². The molecular weight excluding hydrogens is 261 g/mol. The van der Waals surface area contributed by atoms with Crippen molar-refractivity contribution in [2.45, 2.75) is 33.6 Å². The summed E-state index contributed by atoms with van der Waals surface area (Å²) in [6.45, 7) is 5.24. The quantitative estimate of drug-likeness (QED) is 0.840. The molecule has 0 atom stereocenters. The molecule has 5 heteroatoms. The van der Waals surface area contributed by atoms with Gasteiger partial charge in [-0.25, -0.2) is 4.39 Å². The van der Waals surface area contributed by atoms with Gasteiger partial charge in [0.05, 0.1) is 5.41 Å². The highest BCUT2D eigenvalue weighted by molar-refractivity contribution is 5.84. The Bertz CT molecular complexity index is 512. The Balaban J connectivity index is 2.45. The summed E-state index contributed by atoms with van der Waals surface area (Å²) in [5.41, 5.74) is 0.727. The molecule has 0 aromatic heterocycles. The molecule has 1 amide bonds. The van der Waals surface area contributed by atoms with Gasteiger partial charge in [-0.1, -0.05) is 6.07 Å². The largest absolute Gasteiger partial charge is 0.481 e. The molecule has 20 heavy (non-hydrogen) atoms. The van der Waals surface area contributed by atoms with E-state index in [1.165, 1.54) is 26.0 Å². The van der Waals surface area contributed by atoms with Gasteiger partial charge in [0.15, 0.2) is 0 Å². The summed E-state index contributed by atoms with van der Waals surface area (Å²) < 4.78 is 12.9. The first-order valence-electron chi connectivity index (χ1n) is 6.47. The number of benzene rings is 1. The number of rotatable bonds is 6. The van der Waals surface area contributed by atoms with Crippen LogP contribution in [0.3, 0.4) is 0 Å². The molecule has 0 fully saturated rings. The van der Waals surface area contributed by atoms with Crippen LogP contribution in [0.25, 0.3) is 0 Å². The van der Waals surface area contributed by atoms with Crippen LogP contribution in [0, 0.1) is 18.2 Å². The lowest BCUT2D eigenvalue weighted by Crippen LogP contribution is -2.34. The van der Waals surface area contributed by atoms with Gasteiger partial charge in [-0.15, -0.1) is 0 Å². The minimum absolute atomic E-state index is 0.0647. The SMILES string of the molecule is Cc1cc(F)ccc1CCNC(=O)CC(C)(C)C(=O)O. The number of carbonyl (C=O) groups is 2. The summed E-state index contributed by atoms with van der Waals surface area (Å²) in [6, 6.07) is 4.53. The molecule has 0 spiro atoms. The van der Waals surface area contributed by atoms with Gasteiger partial charge in [0.25, 0.3) is 0 Å². The van der Waals surface area contributed by atoms with Gasteiger partial charge in [-0.2, -0.15) is 0 Å². The van der Waals surface area contributed by atoms with Gasteiger partial charge in [0, 0.05) is 13.0 Å². The topological polar surface area (TPSA) is 66.4 Å². The van der Waals surface area contributed by atoms with Crippen LogP contribution in [0.2, 0.25) is 0 Å². The van der Waals surface area contributed by atoms with Crippen molar-refractivity contribution >= 4 is 11.9 Å². The first-order chi connectivity index (χ1) is 9.22. The number of amides is 1. The molecular formula is C15H20FNO3. The van der Waals surface area contributed by atoms with E-state index in [0.717, 1.165) is 11.1 Å². The van der Waals surface area contributed by atoms with E-state index >= 15 is 0 Å². The van der Waals surface area contributed by atoms with Crippen LogP contribution in [-0.4, -0.2) is 23.5 Å². The lowest BCUT2D eigenvalue weighted by atomic mass is 9.89. The summed E-state index contributed by atoms with van der Waals surface area (Å²) in [6.07, 6.45) is 0.524. The fourth-order valence-electron chi connectivity index (χ4n) is 1.82. The van der Waals surface area contributed by atoms with Crippen LogP contribution in [0.4, 0.5) is 4.39 Å². The van der Waals surface area contributed by atoms with Gasteiger partial charge in [0.1, 0.15) is 5.82 Å². The molecule has 0 unspecified atom stereocenters. The Morgan fingerprint density at radius 2 is 2.00 bits per heavy atom. The summed E-state index contributed by atoms with van der Waals surface area (Å²) in [5, 5.41) is 11.6. The van der Waals surface area contributed by atoms with Gasteiger partial charge < -0.3 is 10.4 Å². The van der Waals surface area contributed by atoms with Crippen molar-refractivity contribution in [1.82, 2.24) is 5.32 Å². The van der Waals surface area contributed by atoms with E-state index < -0.39 is 11.4 Å². The molecule has 1 aromatic carbocycles. The maximum Gasteiger partial charge on any atom is 0.309 e. The summed E-state index contributed by atoms with van der Waals surface area (Å²) in [7, 11) is 0. The molecule has 0 radical (unpaired) electrons. The summed E-state index contributed by atoms with van der Waals surface area (Å²) in [5.74, 6) is -1.57. The highest BCUT2D eigenvalue weighted by Gasteiger charge is 2.29. The molecule has 0 heterocycles. The summed E-state index contributed by atoms with van der Waals surface area (Å²) >= 11 is 0. The van der Waals surface area contributed by atoms with Crippen LogP contribution in [0.1, 0.15) is 31.4 Å². The smallest absolute Gasteiger partial charge is 0.309 e. The molecule has 4 nitrogen and oxygen atoms in total. The zero-order valence-corrected chi connectivity index (χ0v) is 12.0. The van der Waals surface area contributed by atoms with Crippen LogP contribution in [0.15, 0.2) is 18.2 Å². The highest BCUT2D eigenvalue weighted by Crippen LogP contribution is 2.20. The molecule has 110 valence electrons.